The summed E-state index contributed by atoms with van der Waals surface area (Å²) in [5, 5.41) is 8.13. The molecule has 19 heavy (non-hydrogen) atoms. The summed E-state index contributed by atoms with van der Waals surface area (Å²) in [6.07, 6.45) is 6.09. The van der Waals surface area contributed by atoms with E-state index in [0.717, 1.165) is 24.3 Å². The minimum Gasteiger partial charge on any atom is -0.317 e. The summed E-state index contributed by atoms with van der Waals surface area (Å²) in [5.74, 6) is 0.629. The van der Waals surface area contributed by atoms with Crippen LogP contribution in [0, 0.1) is 6.92 Å². The van der Waals surface area contributed by atoms with Gasteiger partial charge in [0.25, 0.3) is 0 Å². The van der Waals surface area contributed by atoms with Gasteiger partial charge in [-0.2, -0.15) is 5.10 Å². The van der Waals surface area contributed by atoms with Gasteiger partial charge in [-0.05, 0) is 50.6 Å². The van der Waals surface area contributed by atoms with Crippen molar-refractivity contribution in [2.45, 2.75) is 25.7 Å². The van der Waals surface area contributed by atoms with Crippen LogP contribution in [0.5, 0.6) is 0 Å². The Labute approximate surface area is 113 Å². The summed E-state index contributed by atoms with van der Waals surface area (Å²) in [4.78, 5) is 4.19. The summed E-state index contributed by atoms with van der Waals surface area (Å²) in [5.41, 5.74) is 4.88. The highest BCUT2D eigenvalue weighted by Gasteiger charge is 2.23. The average Bonchev–Trinajstić information content (AvgIpc) is 2.76. The maximum absolute atomic E-state index is 4.71. The molecule has 1 aliphatic rings. The largest absolute Gasteiger partial charge is 0.317 e. The first-order chi connectivity index (χ1) is 9.27. The molecule has 2 aromatic heterocycles. The molecule has 0 saturated carbocycles. The van der Waals surface area contributed by atoms with Gasteiger partial charge in [0, 0.05) is 36.6 Å². The molecule has 0 radical (unpaired) electrons. The molecule has 100 valence electrons. The number of aromatic nitrogens is 3. The fraction of sp³-hybridized carbons (Fsp3) is 0.467. The smallest absolute Gasteiger partial charge is 0.0970 e. The van der Waals surface area contributed by atoms with E-state index in [1.165, 1.54) is 24.1 Å². The molecule has 4 nitrogen and oxygen atoms in total. The number of nitrogens with zero attached hydrogens (tertiary/aromatic N) is 3. The van der Waals surface area contributed by atoms with E-state index in [4.69, 9.17) is 5.10 Å². The van der Waals surface area contributed by atoms with Crippen LogP contribution in [-0.2, 0) is 7.05 Å². The third-order valence-corrected chi connectivity index (χ3v) is 4.00. The number of pyridine rings is 1. The van der Waals surface area contributed by atoms with Crippen LogP contribution < -0.4 is 5.32 Å². The fourth-order valence-corrected chi connectivity index (χ4v) is 3.09. The molecule has 0 unspecified atom stereocenters. The van der Waals surface area contributed by atoms with Crippen molar-refractivity contribution in [1.29, 1.82) is 0 Å². The van der Waals surface area contributed by atoms with Gasteiger partial charge < -0.3 is 5.32 Å². The first kappa shape index (κ1) is 12.4. The van der Waals surface area contributed by atoms with E-state index >= 15 is 0 Å². The molecule has 2 aromatic rings. The molecule has 0 aliphatic carbocycles. The second-order valence-corrected chi connectivity index (χ2v) is 5.25. The van der Waals surface area contributed by atoms with Gasteiger partial charge in [-0.1, -0.05) is 0 Å². The Balaban J connectivity index is 2.00. The van der Waals surface area contributed by atoms with Crippen molar-refractivity contribution in [2.24, 2.45) is 7.05 Å². The maximum atomic E-state index is 4.71. The zero-order chi connectivity index (χ0) is 13.2. The molecule has 1 fully saturated rings. The van der Waals surface area contributed by atoms with E-state index in [1.807, 2.05) is 12.3 Å². The van der Waals surface area contributed by atoms with E-state index in [2.05, 4.69) is 35.0 Å². The quantitative estimate of drug-likeness (QED) is 0.896. The molecule has 4 heteroatoms. The lowest BCUT2D eigenvalue weighted by Crippen LogP contribution is -2.27. The summed E-state index contributed by atoms with van der Waals surface area (Å²) in [7, 11) is 2.06. The Morgan fingerprint density at radius 1 is 1.32 bits per heavy atom. The molecule has 3 rings (SSSR count). The van der Waals surface area contributed by atoms with Crippen LogP contribution in [-0.4, -0.2) is 27.9 Å². The second kappa shape index (κ2) is 5.13. The van der Waals surface area contributed by atoms with Gasteiger partial charge in [0.1, 0.15) is 0 Å². The van der Waals surface area contributed by atoms with Gasteiger partial charge >= 0.3 is 0 Å². The molecule has 0 spiro atoms. The molecule has 0 bridgehead atoms. The Morgan fingerprint density at radius 3 is 2.79 bits per heavy atom. The standard InChI is InChI=1S/C15H20N4/c1-11-14(13-4-3-7-17-10-13)18-19(2)15(11)12-5-8-16-9-6-12/h3-4,7,10,12,16H,5-6,8-9H2,1-2H3. The van der Waals surface area contributed by atoms with Crippen molar-refractivity contribution >= 4 is 0 Å². The molecule has 1 aliphatic heterocycles. The predicted octanol–water partition coefficient (Wildman–Crippen LogP) is 2.26. The summed E-state index contributed by atoms with van der Waals surface area (Å²) >= 11 is 0. The van der Waals surface area contributed by atoms with Gasteiger partial charge in [-0.15, -0.1) is 0 Å². The van der Waals surface area contributed by atoms with Crippen LogP contribution >= 0.6 is 0 Å². The second-order valence-electron chi connectivity index (χ2n) is 5.25. The monoisotopic (exact) mass is 256 g/mol. The molecule has 0 atom stereocenters. The number of hydrogen-bond donors (Lipinski definition) is 1. The van der Waals surface area contributed by atoms with E-state index in [0.29, 0.717) is 5.92 Å². The summed E-state index contributed by atoms with van der Waals surface area (Å²) in [6.45, 7) is 4.40. The van der Waals surface area contributed by atoms with Crippen molar-refractivity contribution < 1.29 is 0 Å². The molecule has 1 saturated heterocycles. The van der Waals surface area contributed by atoms with Crippen molar-refractivity contribution in [2.75, 3.05) is 13.1 Å². The third-order valence-electron chi connectivity index (χ3n) is 4.00. The van der Waals surface area contributed by atoms with Crippen molar-refractivity contribution in [3.63, 3.8) is 0 Å². The van der Waals surface area contributed by atoms with Crippen molar-refractivity contribution in [3.8, 4) is 11.3 Å². The number of rotatable bonds is 2. The third kappa shape index (κ3) is 2.28. The lowest BCUT2D eigenvalue weighted by atomic mass is 9.91. The van der Waals surface area contributed by atoms with Gasteiger partial charge in [-0.3, -0.25) is 9.67 Å². The minimum atomic E-state index is 0.629. The van der Waals surface area contributed by atoms with Crippen LogP contribution in [0.1, 0.15) is 30.0 Å². The Hall–Kier alpha value is -1.68. The normalized spacial score (nSPS) is 16.7. The van der Waals surface area contributed by atoms with Crippen LogP contribution in [0.25, 0.3) is 11.3 Å². The first-order valence-corrected chi connectivity index (χ1v) is 6.92. The van der Waals surface area contributed by atoms with Crippen molar-refractivity contribution in [1.82, 2.24) is 20.1 Å². The average molecular weight is 256 g/mol. The SMILES string of the molecule is Cc1c(-c2cccnc2)nn(C)c1C1CCNCC1. The Bertz CT molecular complexity index is 553. The molecular weight excluding hydrogens is 236 g/mol. The number of aryl methyl sites for hydroxylation is 1. The maximum Gasteiger partial charge on any atom is 0.0970 e. The fourth-order valence-electron chi connectivity index (χ4n) is 3.09. The first-order valence-electron chi connectivity index (χ1n) is 6.92. The molecule has 1 N–H and O–H groups in total. The van der Waals surface area contributed by atoms with E-state index < -0.39 is 0 Å². The topological polar surface area (TPSA) is 42.7 Å². The highest BCUT2D eigenvalue weighted by molar-refractivity contribution is 5.63. The van der Waals surface area contributed by atoms with Gasteiger partial charge in [-0.25, -0.2) is 0 Å². The predicted molar refractivity (Wildman–Crippen MR) is 76.0 cm³/mol. The highest BCUT2D eigenvalue weighted by atomic mass is 15.3. The van der Waals surface area contributed by atoms with Crippen molar-refractivity contribution in [3.05, 3.63) is 35.8 Å². The lowest BCUT2D eigenvalue weighted by Gasteiger charge is -2.23. The van der Waals surface area contributed by atoms with E-state index in [-0.39, 0.29) is 0 Å². The summed E-state index contributed by atoms with van der Waals surface area (Å²) in [6, 6.07) is 4.04. The molecular formula is C15H20N4. The zero-order valence-corrected chi connectivity index (χ0v) is 11.6. The number of nitrogens with one attached hydrogen (secondary N) is 1. The molecule has 3 heterocycles. The number of piperidine rings is 1. The van der Waals surface area contributed by atoms with E-state index in [1.54, 1.807) is 6.20 Å². The lowest BCUT2D eigenvalue weighted by molar-refractivity contribution is 0.438. The molecule has 0 aromatic carbocycles. The van der Waals surface area contributed by atoms with E-state index in [9.17, 15) is 0 Å². The van der Waals surface area contributed by atoms with Crippen LogP contribution in [0.4, 0.5) is 0 Å². The van der Waals surface area contributed by atoms with Gasteiger partial charge in [0.05, 0.1) is 5.69 Å². The Morgan fingerprint density at radius 2 is 2.11 bits per heavy atom. The van der Waals surface area contributed by atoms with Crippen LogP contribution in [0.15, 0.2) is 24.5 Å². The highest BCUT2D eigenvalue weighted by Crippen LogP contribution is 2.32. The zero-order valence-electron chi connectivity index (χ0n) is 11.6. The minimum absolute atomic E-state index is 0.629. The van der Waals surface area contributed by atoms with Gasteiger partial charge in [0.15, 0.2) is 0 Å². The molecule has 0 amide bonds. The Kier molecular flexibility index (Phi) is 3.34. The summed E-state index contributed by atoms with van der Waals surface area (Å²) < 4.78 is 2.06. The van der Waals surface area contributed by atoms with Gasteiger partial charge in [0.2, 0.25) is 0 Å². The van der Waals surface area contributed by atoms with Crippen LogP contribution in [0.3, 0.4) is 0 Å². The number of hydrogen-bond acceptors (Lipinski definition) is 3. The van der Waals surface area contributed by atoms with Crippen LogP contribution in [0.2, 0.25) is 0 Å².